The van der Waals surface area contributed by atoms with Crippen molar-refractivity contribution in [3.05, 3.63) is 35.1 Å². The van der Waals surface area contributed by atoms with Crippen LogP contribution in [0.1, 0.15) is 26.3 Å². The van der Waals surface area contributed by atoms with Gasteiger partial charge in [-0.3, -0.25) is 4.79 Å². The number of halogens is 3. The molecule has 1 aromatic carbocycles. The lowest BCUT2D eigenvalue weighted by molar-refractivity contribution is -0.138. The maximum absolute atomic E-state index is 13.4. The van der Waals surface area contributed by atoms with Gasteiger partial charge in [-0.25, -0.2) is 13.2 Å². The number of hydrogen-bond donors (Lipinski definition) is 0. The number of benzene rings is 1. The lowest BCUT2D eigenvalue weighted by Crippen LogP contribution is -2.36. The minimum Gasteiger partial charge on any atom is -0.341 e. The first-order valence-corrected chi connectivity index (χ1v) is 5.52. The van der Waals surface area contributed by atoms with E-state index in [0.29, 0.717) is 6.07 Å². The van der Waals surface area contributed by atoms with Crippen molar-refractivity contribution in [1.82, 2.24) is 4.90 Å². The Hall–Kier alpha value is -1.52. The van der Waals surface area contributed by atoms with Crippen molar-refractivity contribution in [2.24, 2.45) is 5.41 Å². The molecule has 0 bridgehead atoms. The minimum absolute atomic E-state index is 0.170. The normalized spacial score (nSPS) is 11.5. The van der Waals surface area contributed by atoms with Crippen molar-refractivity contribution >= 4 is 5.91 Å². The second kappa shape index (κ2) is 5.00. The molecular formula is C13H16F3NO. The van der Waals surface area contributed by atoms with E-state index in [9.17, 15) is 18.0 Å². The van der Waals surface area contributed by atoms with Gasteiger partial charge in [0.15, 0.2) is 11.6 Å². The van der Waals surface area contributed by atoms with Crippen LogP contribution in [-0.4, -0.2) is 17.9 Å². The minimum atomic E-state index is -1.25. The third-order valence-electron chi connectivity index (χ3n) is 2.46. The summed E-state index contributed by atoms with van der Waals surface area (Å²) in [7, 11) is 1.47. The number of rotatable bonds is 2. The molecule has 0 N–H and O–H groups in total. The highest BCUT2D eigenvalue weighted by Crippen LogP contribution is 2.20. The van der Waals surface area contributed by atoms with Gasteiger partial charge in [-0.1, -0.05) is 20.8 Å². The Balaban J connectivity index is 2.95. The number of amides is 1. The fraction of sp³-hybridized carbons (Fsp3) is 0.462. The van der Waals surface area contributed by atoms with Crippen LogP contribution < -0.4 is 0 Å². The van der Waals surface area contributed by atoms with Crippen LogP contribution in [0.2, 0.25) is 0 Å². The second-order valence-corrected chi connectivity index (χ2v) is 5.27. The zero-order valence-electron chi connectivity index (χ0n) is 10.9. The van der Waals surface area contributed by atoms with Gasteiger partial charge >= 0.3 is 0 Å². The van der Waals surface area contributed by atoms with Crippen LogP contribution in [0, 0.1) is 22.9 Å². The van der Waals surface area contributed by atoms with Gasteiger partial charge in [-0.15, -0.1) is 0 Å². The first-order chi connectivity index (χ1) is 8.12. The summed E-state index contributed by atoms with van der Waals surface area (Å²) in [6.45, 7) is 4.98. The monoisotopic (exact) mass is 259 g/mol. The Morgan fingerprint density at radius 2 is 1.78 bits per heavy atom. The fourth-order valence-electron chi connectivity index (χ4n) is 1.62. The average molecular weight is 259 g/mol. The molecule has 0 fully saturated rings. The summed E-state index contributed by atoms with van der Waals surface area (Å²) in [5, 5.41) is 0. The van der Waals surface area contributed by atoms with E-state index in [1.54, 1.807) is 20.8 Å². The first kappa shape index (κ1) is 14.5. The van der Waals surface area contributed by atoms with Gasteiger partial charge in [0.25, 0.3) is 0 Å². The van der Waals surface area contributed by atoms with Gasteiger partial charge in [-0.2, -0.15) is 0 Å². The molecule has 0 aliphatic rings. The molecule has 1 aromatic rings. The molecule has 0 saturated carbocycles. The summed E-state index contributed by atoms with van der Waals surface area (Å²) >= 11 is 0. The lowest BCUT2D eigenvalue weighted by atomic mass is 9.95. The highest BCUT2D eigenvalue weighted by atomic mass is 19.2. The number of nitrogens with zero attached hydrogens (tertiary/aromatic N) is 1. The third-order valence-corrected chi connectivity index (χ3v) is 2.46. The van der Waals surface area contributed by atoms with Gasteiger partial charge in [0.1, 0.15) is 5.82 Å². The van der Waals surface area contributed by atoms with Crippen LogP contribution >= 0.6 is 0 Å². The van der Waals surface area contributed by atoms with E-state index in [1.807, 2.05) is 0 Å². The van der Waals surface area contributed by atoms with Gasteiger partial charge in [0, 0.05) is 30.6 Å². The van der Waals surface area contributed by atoms with Crippen molar-refractivity contribution in [3.8, 4) is 0 Å². The van der Waals surface area contributed by atoms with E-state index in [1.165, 1.54) is 11.9 Å². The number of hydrogen-bond acceptors (Lipinski definition) is 1. The molecule has 100 valence electrons. The molecule has 2 nitrogen and oxygen atoms in total. The topological polar surface area (TPSA) is 20.3 Å². The molecular weight excluding hydrogens is 243 g/mol. The first-order valence-electron chi connectivity index (χ1n) is 5.52. The Bertz CT molecular complexity index is 466. The lowest BCUT2D eigenvalue weighted by Gasteiger charge is -2.26. The molecule has 1 rings (SSSR count). The molecule has 0 spiro atoms. The van der Waals surface area contributed by atoms with Crippen LogP contribution in [0.15, 0.2) is 12.1 Å². The van der Waals surface area contributed by atoms with E-state index < -0.39 is 22.9 Å². The maximum atomic E-state index is 13.4. The molecule has 1 amide bonds. The summed E-state index contributed by atoms with van der Waals surface area (Å²) in [4.78, 5) is 13.1. The predicted octanol–water partition coefficient (Wildman–Crippen LogP) is 3.11. The van der Waals surface area contributed by atoms with Crippen molar-refractivity contribution in [3.63, 3.8) is 0 Å². The molecule has 0 heterocycles. The summed E-state index contributed by atoms with van der Waals surface area (Å²) < 4.78 is 39.4. The Kier molecular flexibility index (Phi) is 4.04. The van der Waals surface area contributed by atoms with Gasteiger partial charge in [0.2, 0.25) is 5.91 Å². The Morgan fingerprint density at radius 1 is 1.22 bits per heavy atom. The maximum Gasteiger partial charge on any atom is 0.227 e. The molecule has 0 saturated heterocycles. The summed E-state index contributed by atoms with van der Waals surface area (Å²) in [6.07, 6.45) is 0. The quantitative estimate of drug-likeness (QED) is 0.747. The predicted molar refractivity (Wildman–Crippen MR) is 62.2 cm³/mol. The standard InChI is InChI=1S/C13H16F3NO/c1-13(2,3)12(18)17(4)7-8-5-9(14)6-10(15)11(8)16/h5-6H,7H2,1-4H3. The van der Waals surface area contributed by atoms with Crippen LogP contribution in [-0.2, 0) is 11.3 Å². The second-order valence-electron chi connectivity index (χ2n) is 5.27. The SMILES string of the molecule is CN(Cc1cc(F)cc(F)c1F)C(=O)C(C)(C)C. The largest absolute Gasteiger partial charge is 0.341 e. The van der Waals surface area contributed by atoms with E-state index >= 15 is 0 Å². The van der Waals surface area contributed by atoms with Gasteiger partial charge in [0.05, 0.1) is 0 Å². The van der Waals surface area contributed by atoms with E-state index in [4.69, 9.17) is 0 Å². The van der Waals surface area contributed by atoms with Crippen LogP contribution in [0.3, 0.4) is 0 Å². The molecule has 18 heavy (non-hydrogen) atoms. The van der Waals surface area contributed by atoms with Crippen molar-refractivity contribution in [2.75, 3.05) is 7.05 Å². The summed E-state index contributed by atoms with van der Waals surface area (Å²) in [5.41, 5.74) is -0.801. The fourth-order valence-corrected chi connectivity index (χ4v) is 1.62. The van der Waals surface area contributed by atoms with Crippen LogP contribution in [0.4, 0.5) is 13.2 Å². The summed E-state index contributed by atoms with van der Waals surface area (Å²) in [6, 6.07) is 1.37. The molecule has 0 atom stereocenters. The van der Waals surface area contributed by atoms with Gasteiger partial charge in [-0.05, 0) is 6.07 Å². The Labute approximate surface area is 104 Å². The molecule has 0 aliphatic carbocycles. The molecule has 0 aliphatic heterocycles. The van der Waals surface area contributed by atoms with Crippen molar-refractivity contribution < 1.29 is 18.0 Å². The highest BCUT2D eigenvalue weighted by molar-refractivity contribution is 5.81. The van der Waals surface area contributed by atoms with Crippen LogP contribution in [0.25, 0.3) is 0 Å². The molecule has 0 unspecified atom stereocenters. The smallest absolute Gasteiger partial charge is 0.227 e. The molecule has 5 heteroatoms. The van der Waals surface area contributed by atoms with Crippen molar-refractivity contribution in [2.45, 2.75) is 27.3 Å². The molecule has 0 radical (unpaired) electrons. The Morgan fingerprint density at radius 3 is 2.28 bits per heavy atom. The average Bonchev–Trinajstić information content (AvgIpc) is 2.22. The highest BCUT2D eigenvalue weighted by Gasteiger charge is 2.26. The molecule has 0 aromatic heterocycles. The summed E-state index contributed by atoms with van der Waals surface area (Å²) in [5.74, 6) is -3.46. The van der Waals surface area contributed by atoms with Crippen LogP contribution in [0.5, 0.6) is 0 Å². The third kappa shape index (κ3) is 3.24. The van der Waals surface area contributed by atoms with Crippen molar-refractivity contribution in [1.29, 1.82) is 0 Å². The zero-order valence-corrected chi connectivity index (χ0v) is 10.9. The van der Waals surface area contributed by atoms with E-state index in [0.717, 1.165) is 6.07 Å². The van der Waals surface area contributed by atoms with Gasteiger partial charge < -0.3 is 4.90 Å². The van der Waals surface area contributed by atoms with E-state index in [2.05, 4.69) is 0 Å². The number of carbonyl (C=O) groups is 1. The van der Waals surface area contributed by atoms with E-state index in [-0.39, 0.29) is 18.0 Å². The number of carbonyl (C=O) groups excluding carboxylic acids is 1. The zero-order chi connectivity index (χ0) is 14.1.